The molecule has 2 heterocycles. The molecule has 182 valence electrons. The second-order valence-corrected chi connectivity index (χ2v) is 11.6. The maximum absolute atomic E-state index is 12.4. The molecule has 2 aromatic carbocycles. The van der Waals surface area contributed by atoms with Crippen LogP contribution in [0.3, 0.4) is 0 Å². The number of imidazole rings is 1. The molecular weight excluding hydrogens is 452 g/mol. The number of rotatable bonds is 3. The van der Waals surface area contributed by atoms with Crippen LogP contribution in [-0.2, 0) is 21.8 Å². The lowest BCUT2D eigenvalue weighted by Crippen LogP contribution is -2.41. The predicted octanol–water partition coefficient (Wildman–Crippen LogP) is 4.31. The van der Waals surface area contributed by atoms with Gasteiger partial charge in [-0.3, -0.25) is 0 Å². The lowest BCUT2D eigenvalue weighted by atomic mass is 9.88. The predicted molar refractivity (Wildman–Crippen MR) is 132 cm³/mol. The molecule has 2 N–H and O–H groups in total. The first-order chi connectivity index (χ1) is 15.8. The van der Waals surface area contributed by atoms with Crippen molar-refractivity contribution in [3.8, 4) is 11.4 Å². The third-order valence-electron chi connectivity index (χ3n) is 6.26. The Labute approximate surface area is 200 Å². The summed E-state index contributed by atoms with van der Waals surface area (Å²) in [5.74, 6) is 1.12. The topological polar surface area (TPSA) is 108 Å². The quantitative estimate of drug-likeness (QED) is 0.596. The molecule has 3 aromatic rings. The van der Waals surface area contributed by atoms with E-state index in [9.17, 15) is 13.2 Å². The number of likely N-dealkylation sites (tertiary alicyclic amines) is 1. The van der Waals surface area contributed by atoms with Gasteiger partial charge in [0.05, 0.1) is 15.9 Å². The van der Waals surface area contributed by atoms with Gasteiger partial charge in [0, 0.05) is 25.7 Å². The zero-order valence-corrected chi connectivity index (χ0v) is 21.1. The molecular formula is C25H32N4O4S. The van der Waals surface area contributed by atoms with Crippen LogP contribution in [0.5, 0.6) is 0 Å². The van der Waals surface area contributed by atoms with Gasteiger partial charge in [0.1, 0.15) is 11.4 Å². The van der Waals surface area contributed by atoms with Gasteiger partial charge in [0.2, 0.25) is 10.0 Å². The Bertz CT molecular complexity index is 1330. The van der Waals surface area contributed by atoms with E-state index in [1.807, 2.05) is 32.4 Å². The molecule has 0 radical (unpaired) electrons. The van der Waals surface area contributed by atoms with E-state index in [2.05, 4.69) is 19.1 Å². The minimum Gasteiger partial charge on any atom is -0.444 e. The average molecular weight is 485 g/mol. The number of piperidine rings is 1. The van der Waals surface area contributed by atoms with Crippen LogP contribution in [0.25, 0.3) is 22.4 Å². The monoisotopic (exact) mass is 484 g/mol. The fraction of sp³-hybridized carbons (Fsp3) is 0.440. The number of hydrogen-bond donors (Lipinski definition) is 1. The van der Waals surface area contributed by atoms with Gasteiger partial charge in [-0.15, -0.1) is 0 Å². The second-order valence-electron chi connectivity index (χ2n) is 10.0. The van der Waals surface area contributed by atoms with Crippen LogP contribution >= 0.6 is 0 Å². The molecule has 1 aliphatic heterocycles. The molecule has 34 heavy (non-hydrogen) atoms. The summed E-state index contributed by atoms with van der Waals surface area (Å²) in [6, 6.07) is 10.8. The molecule has 0 saturated carbocycles. The third-order valence-corrected chi connectivity index (χ3v) is 7.19. The number of carbonyl (C=O) groups excluding carboxylic acids is 1. The summed E-state index contributed by atoms with van der Waals surface area (Å²) in [7, 11) is -1.77. The Hall–Kier alpha value is -2.91. The summed E-state index contributed by atoms with van der Waals surface area (Å²) in [5, 5.41) is 5.22. The molecule has 0 atom stereocenters. The van der Waals surface area contributed by atoms with Crippen LogP contribution in [0.4, 0.5) is 4.79 Å². The molecule has 0 bridgehead atoms. The number of carbonyl (C=O) groups is 1. The van der Waals surface area contributed by atoms with E-state index >= 15 is 0 Å². The Morgan fingerprint density at radius 2 is 1.74 bits per heavy atom. The highest BCUT2D eigenvalue weighted by Gasteiger charge is 2.28. The fourth-order valence-electron chi connectivity index (χ4n) is 4.49. The van der Waals surface area contributed by atoms with Gasteiger partial charge in [-0.2, -0.15) is 0 Å². The van der Waals surface area contributed by atoms with Crippen molar-refractivity contribution < 1.29 is 17.9 Å². The van der Waals surface area contributed by atoms with Gasteiger partial charge in [-0.1, -0.05) is 6.07 Å². The molecule has 1 aliphatic rings. The molecule has 1 fully saturated rings. The van der Waals surface area contributed by atoms with Gasteiger partial charge in [-0.25, -0.2) is 23.3 Å². The number of nitrogens with zero attached hydrogens (tertiary/aromatic N) is 3. The first-order valence-electron chi connectivity index (χ1n) is 11.4. The molecule has 0 unspecified atom stereocenters. The van der Waals surface area contributed by atoms with E-state index in [1.165, 1.54) is 17.7 Å². The summed E-state index contributed by atoms with van der Waals surface area (Å²) in [5.41, 5.74) is 4.60. The molecule has 8 nitrogen and oxygen atoms in total. The number of sulfonamides is 1. The van der Waals surface area contributed by atoms with E-state index in [0.29, 0.717) is 19.0 Å². The largest absolute Gasteiger partial charge is 0.444 e. The average Bonchev–Trinajstić information content (AvgIpc) is 3.09. The van der Waals surface area contributed by atoms with Crippen LogP contribution in [0, 0.1) is 6.92 Å². The highest BCUT2D eigenvalue weighted by molar-refractivity contribution is 7.89. The van der Waals surface area contributed by atoms with Gasteiger partial charge in [0.15, 0.2) is 0 Å². The smallest absolute Gasteiger partial charge is 0.410 e. The Morgan fingerprint density at radius 3 is 2.29 bits per heavy atom. The van der Waals surface area contributed by atoms with Crippen molar-refractivity contribution in [3.63, 3.8) is 0 Å². The number of aryl methyl sites for hydroxylation is 2. The van der Waals surface area contributed by atoms with Crippen molar-refractivity contribution in [3.05, 3.63) is 47.5 Å². The van der Waals surface area contributed by atoms with E-state index < -0.39 is 15.6 Å². The fourth-order valence-corrected chi connectivity index (χ4v) is 5.01. The maximum atomic E-state index is 12.4. The standard InChI is InChI=1S/C25H32N4O4S/c1-16-14-19(17-10-12-29(13-11-17)24(30)33-25(2,3)4)15-21-22(16)27-23(28(21)5)18-6-8-20(9-7-18)34(26,31)32/h6-9,14-15,17H,10-13H2,1-5H3,(H2,26,31,32). The van der Waals surface area contributed by atoms with Gasteiger partial charge >= 0.3 is 6.09 Å². The summed E-state index contributed by atoms with van der Waals surface area (Å²) >= 11 is 0. The van der Waals surface area contributed by atoms with Crippen molar-refractivity contribution in [2.45, 2.75) is 57.0 Å². The summed E-state index contributed by atoms with van der Waals surface area (Å²) in [6.45, 7) is 9.04. The Kier molecular flexibility index (Phi) is 6.20. The number of ether oxygens (including phenoxy) is 1. The minimum absolute atomic E-state index is 0.0752. The van der Waals surface area contributed by atoms with Gasteiger partial charge < -0.3 is 14.2 Å². The van der Waals surface area contributed by atoms with E-state index in [0.717, 1.165) is 40.8 Å². The zero-order valence-electron chi connectivity index (χ0n) is 20.3. The molecule has 1 aromatic heterocycles. The van der Waals surface area contributed by atoms with Crippen LogP contribution in [0.15, 0.2) is 41.3 Å². The van der Waals surface area contributed by atoms with Crippen molar-refractivity contribution in [2.24, 2.45) is 12.2 Å². The summed E-state index contributed by atoms with van der Waals surface area (Å²) < 4.78 is 30.7. The summed E-state index contributed by atoms with van der Waals surface area (Å²) in [6.07, 6.45) is 1.51. The number of nitrogens with two attached hydrogens (primary N) is 1. The normalized spacial score (nSPS) is 15.6. The number of hydrogen-bond acceptors (Lipinski definition) is 5. The lowest BCUT2D eigenvalue weighted by molar-refractivity contribution is 0.0205. The van der Waals surface area contributed by atoms with Crippen molar-refractivity contribution in [1.29, 1.82) is 0 Å². The Balaban J connectivity index is 1.58. The molecule has 0 aliphatic carbocycles. The highest BCUT2D eigenvalue weighted by Crippen LogP contribution is 2.34. The van der Waals surface area contributed by atoms with E-state index in [1.54, 1.807) is 17.0 Å². The van der Waals surface area contributed by atoms with Crippen LogP contribution in [0.2, 0.25) is 0 Å². The SMILES string of the molecule is Cc1cc(C2CCN(C(=O)OC(C)(C)C)CC2)cc2c1nc(-c1ccc(S(N)(=O)=O)cc1)n2C. The maximum Gasteiger partial charge on any atom is 0.410 e. The highest BCUT2D eigenvalue weighted by atomic mass is 32.2. The summed E-state index contributed by atoms with van der Waals surface area (Å²) in [4.78, 5) is 19.1. The minimum atomic E-state index is -3.74. The molecule has 4 rings (SSSR count). The third kappa shape index (κ3) is 4.95. The molecule has 0 spiro atoms. The number of amides is 1. The van der Waals surface area contributed by atoms with Crippen LogP contribution in [-0.4, -0.2) is 47.7 Å². The van der Waals surface area contributed by atoms with Crippen LogP contribution < -0.4 is 5.14 Å². The van der Waals surface area contributed by atoms with Gasteiger partial charge in [0.25, 0.3) is 0 Å². The van der Waals surface area contributed by atoms with E-state index in [4.69, 9.17) is 14.9 Å². The lowest BCUT2D eigenvalue weighted by Gasteiger charge is -2.33. The van der Waals surface area contributed by atoms with Crippen molar-refractivity contribution in [1.82, 2.24) is 14.5 Å². The number of aromatic nitrogens is 2. The zero-order chi connectivity index (χ0) is 24.8. The number of primary sulfonamides is 1. The first kappa shape index (κ1) is 24.2. The van der Waals surface area contributed by atoms with Crippen molar-refractivity contribution in [2.75, 3.05) is 13.1 Å². The molecule has 9 heteroatoms. The number of benzene rings is 2. The first-order valence-corrected chi connectivity index (χ1v) is 13.0. The molecule has 1 saturated heterocycles. The Morgan fingerprint density at radius 1 is 1.12 bits per heavy atom. The molecule has 1 amide bonds. The number of fused-ring (bicyclic) bond motifs is 1. The van der Waals surface area contributed by atoms with Crippen LogP contribution in [0.1, 0.15) is 50.7 Å². The second kappa shape index (κ2) is 8.70. The van der Waals surface area contributed by atoms with E-state index in [-0.39, 0.29) is 11.0 Å². The van der Waals surface area contributed by atoms with Gasteiger partial charge in [-0.05, 0) is 87.9 Å². The van der Waals surface area contributed by atoms with Crippen molar-refractivity contribution >= 4 is 27.1 Å².